The third-order valence-corrected chi connectivity index (χ3v) is 5.67. The van der Waals surface area contributed by atoms with Crippen molar-refractivity contribution in [1.82, 2.24) is 5.43 Å². The molecule has 0 aliphatic carbocycles. The molecule has 17 heavy (non-hydrogen) atoms. The molecule has 6 heteroatoms. The van der Waals surface area contributed by atoms with Crippen molar-refractivity contribution in [2.45, 2.75) is 37.0 Å². The first kappa shape index (κ1) is 12.6. The minimum Gasteiger partial charge on any atom is -0.472 e. The van der Waals surface area contributed by atoms with E-state index in [1.54, 1.807) is 12.5 Å². The summed E-state index contributed by atoms with van der Waals surface area (Å²) in [5.41, 5.74) is 3.61. The van der Waals surface area contributed by atoms with Gasteiger partial charge < -0.3 is 4.42 Å². The maximum Gasteiger partial charge on any atom is 0.154 e. The number of rotatable bonds is 4. The van der Waals surface area contributed by atoms with Crippen molar-refractivity contribution >= 4 is 9.84 Å². The zero-order valence-electron chi connectivity index (χ0n) is 9.63. The van der Waals surface area contributed by atoms with Crippen molar-refractivity contribution in [1.29, 1.82) is 0 Å². The molecule has 1 aliphatic heterocycles. The van der Waals surface area contributed by atoms with Crippen LogP contribution in [0, 0.1) is 0 Å². The summed E-state index contributed by atoms with van der Waals surface area (Å²) in [6.45, 7) is 0. The van der Waals surface area contributed by atoms with Gasteiger partial charge >= 0.3 is 0 Å². The molecule has 2 heterocycles. The Kier molecular flexibility index (Phi) is 3.86. The Bertz CT molecular complexity index is 441. The summed E-state index contributed by atoms with van der Waals surface area (Å²) in [4.78, 5) is 0. The van der Waals surface area contributed by atoms with E-state index >= 15 is 0 Å². The highest BCUT2D eigenvalue weighted by atomic mass is 32.2. The minimum absolute atomic E-state index is 0.238. The zero-order chi connectivity index (χ0) is 12.3. The van der Waals surface area contributed by atoms with Gasteiger partial charge in [0.15, 0.2) is 9.84 Å². The largest absolute Gasteiger partial charge is 0.472 e. The standard InChI is InChI=1S/C11H18N2O3S/c12-13-10(7-9-4-5-16-8-9)11-3-1-2-6-17(11,14)15/h4-5,8,10-11,13H,1-3,6-7,12H2. The molecule has 1 fully saturated rings. The van der Waals surface area contributed by atoms with Gasteiger partial charge in [0.25, 0.3) is 0 Å². The topological polar surface area (TPSA) is 85.3 Å². The number of nitrogens with two attached hydrogens (primary N) is 1. The summed E-state index contributed by atoms with van der Waals surface area (Å²) >= 11 is 0. The average Bonchev–Trinajstić information content (AvgIpc) is 2.79. The van der Waals surface area contributed by atoms with E-state index in [9.17, 15) is 8.42 Å². The Morgan fingerprint density at radius 3 is 2.94 bits per heavy atom. The monoisotopic (exact) mass is 258 g/mol. The van der Waals surface area contributed by atoms with Crippen LogP contribution >= 0.6 is 0 Å². The Labute approximate surface area is 101 Å². The number of hydrogen-bond acceptors (Lipinski definition) is 5. The highest BCUT2D eigenvalue weighted by Crippen LogP contribution is 2.24. The molecule has 0 amide bonds. The lowest BCUT2D eigenvalue weighted by atomic mass is 10.0. The van der Waals surface area contributed by atoms with E-state index in [1.807, 2.05) is 6.07 Å². The zero-order valence-corrected chi connectivity index (χ0v) is 10.4. The third-order valence-electron chi connectivity index (χ3n) is 3.33. The summed E-state index contributed by atoms with van der Waals surface area (Å²) in [6.07, 6.45) is 6.19. The molecule has 96 valence electrons. The predicted octanol–water partition coefficient (Wildman–Crippen LogP) is 0.621. The highest BCUT2D eigenvalue weighted by Gasteiger charge is 2.35. The van der Waals surface area contributed by atoms with Gasteiger partial charge in [0.1, 0.15) is 0 Å². The predicted molar refractivity (Wildman–Crippen MR) is 64.9 cm³/mol. The van der Waals surface area contributed by atoms with E-state index < -0.39 is 9.84 Å². The summed E-state index contributed by atoms with van der Waals surface area (Å²) < 4.78 is 29.0. The molecule has 1 aliphatic rings. The lowest BCUT2D eigenvalue weighted by molar-refractivity contribution is 0.439. The van der Waals surface area contributed by atoms with Gasteiger partial charge in [-0.15, -0.1) is 0 Å². The molecule has 0 spiro atoms. The van der Waals surface area contributed by atoms with E-state index in [1.165, 1.54) is 0 Å². The molecule has 0 bridgehead atoms. The van der Waals surface area contributed by atoms with Crippen LogP contribution in [0.15, 0.2) is 23.0 Å². The van der Waals surface area contributed by atoms with E-state index in [0.29, 0.717) is 12.8 Å². The molecule has 0 saturated carbocycles. The van der Waals surface area contributed by atoms with Gasteiger partial charge in [-0.3, -0.25) is 11.3 Å². The molecule has 3 N–H and O–H groups in total. The molecule has 2 atom stereocenters. The van der Waals surface area contributed by atoms with Gasteiger partial charge in [-0.05, 0) is 30.9 Å². The van der Waals surface area contributed by atoms with Gasteiger partial charge in [0.05, 0.1) is 23.5 Å². The quantitative estimate of drug-likeness (QED) is 0.611. The van der Waals surface area contributed by atoms with E-state index in [4.69, 9.17) is 10.3 Å². The molecule has 1 aromatic heterocycles. The molecule has 5 nitrogen and oxygen atoms in total. The molecule has 2 unspecified atom stereocenters. The van der Waals surface area contributed by atoms with Crippen LogP contribution in [0.1, 0.15) is 24.8 Å². The summed E-state index contributed by atoms with van der Waals surface area (Å²) in [6, 6.07) is 1.60. The number of hydrogen-bond donors (Lipinski definition) is 2. The lowest BCUT2D eigenvalue weighted by Crippen LogP contribution is -2.50. The summed E-state index contributed by atoms with van der Waals surface area (Å²) in [7, 11) is -3.01. The van der Waals surface area contributed by atoms with E-state index in [-0.39, 0.29) is 17.0 Å². The second kappa shape index (κ2) is 5.20. The molecule has 1 saturated heterocycles. The first-order valence-corrected chi connectivity index (χ1v) is 7.54. The van der Waals surface area contributed by atoms with Crippen LogP contribution in [0.3, 0.4) is 0 Å². The fourth-order valence-corrected chi connectivity index (χ4v) is 4.50. The maximum atomic E-state index is 12.0. The van der Waals surface area contributed by atoms with Crippen LogP contribution in [0.2, 0.25) is 0 Å². The molecular formula is C11H18N2O3S. The minimum atomic E-state index is -3.01. The number of furan rings is 1. The lowest BCUT2D eigenvalue weighted by Gasteiger charge is -2.29. The van der Waals surface area contributed by atoms with E-state index in [2.05, 4.69) is 5.43 Å². The Hall–Kier alpha value is -0.850. The van der Waals surface area contributed by atoms with Crippen LogP contribution in [0.4, 0.5) is 0 Å². The fraction of sp³-hybridized carbons (Fsp3) is 0.636. The van der Waals surface area contributed by atoms with Crippen LogP contribution in [-0.2, 0) is 16.3 Å². The molecule has 1 aromatic rings. The fourth-order valence-electron chi connectivity index (χ4n) is 2.39. The molecule has 0 aromatic carbocycles. The maximum absolute atomic E-state index is 12.0. The van der Waals surface area contributed by atoms with Crippen LogP contribution < -0.4 is 11.3 Å². The van der Waals surface area contributed by atoms with Crippen LogP contribution in [0.5, 0.6) is 0 Å². The number of hydrazine groups is 1. The van der Waals surface area contributed by atoms with E-state index in [0.717, 1.165) is 18.4 Å². The Balaban J connectivity index is 2.12. The summed E-state index contributed by atoms with van der Waals surface area (Å²) in [5.74, 6) is 5.78. The van der Waals surface area contributed by atoms with Crippen molar-refractivity contribution in [3.05, 3.63) is 24.2 Å². The normalized spacial score (nSPS) is 25.6. The smallest absolute Gasteiger partial charge is 0.154 e. The number of sulfone groups is 1. The third kappa shape index (κ3) is 2.88. The van der Waals surface area contributed by atoms with Gasteiger partial charge in [-0.2, -0.15) is 0 Å². The van der Waals surface area contributed by atoms with Gasteiger partial charge in [-0.1, -0.05) is 6.42 Å². The van der Waals surface area contributed by atoms with Crippen molar-refractivity contribution in [3.8, 4) is 0 Å². The Morgan fingerprint density at radius 2 is 2.35 bits per heavy atom. The summed E-state index contributed by atoms with van der Waals surface area (Å²) in [5, 5.41) is -0.379. The van der Waals surface area contributed by atoms with Crippen molar-refractivity contribution in [2.75, 3.05) is 5.75 Å². The van der Waals surface area contributed by atoms with Crippen molar-refractivity contribution in [2.24, 2.45) is 5.84 Å². The van der Waals surface area contributed by atoms with Crippen molar-refractivity contribution in [3.63, 3.8) is 0 Å². The van der Waals surface area contributed by atoms with Gasteiger partial charge in [0.2, 0.25) is 0 Å². The SMILES string of the molecule is NNC(Cc1ccoc1)C1CCCCS1(=O)=O. The first-order valence-electron chi connectivity index (χ1n) is 5.82. The first-order chi connectivity index (χ1) is 8.13. The Morgan fingerprint density at radius 1 is 1.53 bits per heavy atom. The van der Waals surface area contributed by atoms with Gasteiger partial charge in [0, 0.05) is 6.04 Å². The van der Waals surface area contributed by atoms with Crippen molar-refractivity contribution < 1.29 is 12.8 Å². The van der Waals surface area contributed by atoms with Gasteiger partial charge in [-0.25, -0.2) is 8.42 Å². The van der Waals surface area contributed by atoms with Crippen LogP contribution in [-0.4, -0.2) is 25.5 Å². The molecule has 2 rings (SSSR count). The second-order valence-corrected chi connectivity index (χ2v) is 6.85. The highest BCUT2D eigenvalue weighted by molar-refractivity contribution is 7.92. The number of nitrogens with one attached hydrogen (secondary N) is 1. The second-order valence-electron chi connectivity index (χ2n) is 4.51. The van der Waals surface area contributed by atoms with Crippen LogP contribution in [0.25, 0.3) is 0 Å². The average molecular weight is 258 g/mol. The molecule has 0 radical (unpaired) electrons. The molecular weight excluding hydrogens is 240 g/mol.